The van der Waals surface area contributed by atoms with Crippen molar-refractivity contribution in [3.8, 4) is 0 Å². The molecule has 2 saturated carbocycles. The van der Waals surface area contributed by atoms with Crippen molar-refractivity contribution in [3.05, 3.63) is 23.3 Å². The Labute approximate surface area is 145 Å². The van der Waals surface area contributed by atoms with E-state index in [2.05, 4.69) is 13.5 Å². The lowest BCUT2D eigenvalue weighted by molar-refractivity contribution is -0.166. The first kappa shape index (κ1) is 15.6. The number of allylic oxidation sites excluding steroid dienone is 1. The van der Waals surface area contributed by atoms with Crippen molar-refractivity contribution in [2.24, 2.45) is 23.2 Å². The zero-order chi connectivity index (χ0) is 16.5. The van der Waals surface area contributed by atoms with Crippen molar-refractivity contribution < 1.29 is 14.6 Å². The summed E-state index contributed by atoms with van der Waals surface area (Å²) in [6.07, 6.45) is 8.83. The number of aliphatic hydroxyl groups is 1. The third-order valence-electron chi connectivity index (χ3n) is 8.12. The molecule has 0 radical (unpaired) electrons. The molecule has 4 aliphatic carbocycles. The molecule has 5 atom stereocenters. The third-order valence-corrected chi connectivity index (χ3v) is 8.12. The molecule has 1 N–H and O–H groups in total. The van der Waals surface area contributed by atoms with Crippen LogP contribution in [0.5, 0.6) is 0 Å². The third kappa shape index (κ3) is 2.01. The Morgan fingerprint density at radius 2 is 1.92 bits per heavy atom. The van der Waals surface area contributed by atoms with Crippen LogP contribution in [0.4, 0.5) is 0 Å². The molecule has 3 heteroatoms. The van der Waals surface area contributed by atoms with E-state index in [0.29, 0.717) is 5.92 Å². The Kier molecular flexibility index (Phi) is 3.37. The van der Waals surface area contributed by atoms with Gasteiger partial charge in [0.25, 0.3) is 0 Å². The van der Waals surface area contributed by atoms with E-state index in [1.54, 1.807) is 11.1 Å². The van der Waals surface area contributed by atoms with E-state index in [1.165, 1.54) is 19.3 Å². The maximum absolute atomic E-state index is 10.7. The minimum absolute atomic E-state index is 0.0733. The minimum atomic E-state index is -0.285. The minimum Gasteiger partial charge on any atom is -0.388 e. The Bertz CT molecular complexity index is 600. The first-order valence-corrected chi connectivity index (χ1v) is 9.87. The summed E-state index contributed by atoms with van der Waals surface area (Å²) in [5.41, 5.74) is 4.54. The van der Waals surface area contributed by atoms with Crippen molar-refractivity contribution in [2.75, 3.05) is 13.2 Å². The number of ether oxygens (including phenoxy) is 2. The molecule has 0 bridgehead atoms. The second-order valence-electron chi connectivity index (χ2n) is 9.14. The molecule has 0 amide bonds. The van der Waals surface area contributed by atoms with Gasteiger partial charge < -0.3 is 14.6 Å². The van der Waals surface area contributed by atoms with E-state index in [4.69, 9.17) is 9.47 Å². The number of hydrogen-bond donors (Lipinski definition) is 1. The van der Waals surface area contributed by atoms with Gasteiger partial charge in [0.15, 0.2) is 5.79 Å². The molecule has 0 unspecified atom stereocenters. The second-order valence-corrected chi connectivity index (χ2v) is 9.14. The highest BCUT2D eigenvalue weighted by atomic mass is 16.7. The SMILES string of the molecule is C=C1C[C@H]2[C@@H]3CCC4=C(CCC5(C4)OCCO5)[C@H]3CC[C@]2(C)[C@H]1O. The highest BCUT2D eigenvalue weighted by Gasteiger charge is 2.57. The van der Waals surface area contributed by atoms with E-state index in [1.807, 2.05) is 0 Å². The molecule has 132 valence electrons. The Hall–Kier alpha value is -0.640. The van der Waals surface area contributed by atoms with Crippen molar-refractivity contribution in [2.45, 2.75) is 70.2 Å². The maximum atomic E-state index is 10.7. The quantitative estimate of drug-likeness (QED) is 0.683. The van der Waals surface area contributed by atoms with Crippen LogP contribution in [0.3, 0.4) is 0 Å². The smallest absolute Gasteiger partial charge is 0.172 e. The van der Waals surface area contributed by atoms with Crippen LogP contribution in [-0.2, 0) is 9.47 Å². The van der Waals surface area contributed by atoms with Gasteiger partial charge in [0, 0.05) is 18.3 Å². The lowest BCUT2D eigenvalue weighted by Crippen LogP contribution is -2.46. The summed E-state index contributed by atoms with van der Waals surface area (Å²) in [4.78, 5) is 0. The fraction of sp³-hybridized carbons (Fsp3) is 0.810. The highest BCUT2D eigenvalue weighted by molar-refractivity contribution is 5.30. The molecule has 24 heavy (non-hydrogen) atoms. The molecule has 3 fully saturated rings. The molecule has 1 spiro atoms. The molecule has 5 aliphatic rings. The summed E-state index contributed by atoms with van der Waals surface area (Å²) in [5, 5.41) is 10.7. The van der Waals surface area contributed by atoms with Gasteiger partial charge in [-0.15, -0.1) is 0 Å². The normalized spacial score (nSPS) is 46.8. The van der Waals surface area contributed by atoms with Crippen molar-refractivity contribution in [1.82, 2.24) is 0 Å². The van der Waals surface area contributed by atoms with Crippen LogP contribution in [-0.4, -0.2) is 30.2 Å². The monoisotopic (exact) mass is 330 g/mol. The molecular formula is C21H30O3. The Balaban J connectivity index is 1.44. The first-order valence-electron chi connectivity index (χ1n) is 9.87. The zero-order valence-electron chi connectivity index (χ0n) is 14.9. The van der Waals surface area contributed by atoms with E-state index < -0.39 is 0 Å². The van der Waals surface area contributed by atoms with E-state index in [-0.39, 0.29) is 17.3 Å². The molecule has 1 saturated heterocycles. The second kappa shape index (κ2) is 5.18. The molecule has 0 aromatic rings. The molecule has 0 aromatic heterocycles. The summed E-state index contributed by atoms with van der Waals surface area (Å²) >= 11 is 0. The van der Waals surface area contributed by atoms with Gasteiger partial charge in [-0.1, -0.05) is 24.6 Å². The molecular weight excluding hydrogens is 300 g/mol. The lowest BCUT2D eigenvalue weighted by atomic mass is 9.54. The van der Waals surface area contributed by atoms with E-state index in [9.17, 15) is 5.11 Å². The number of hydrogen-bond acceptors (Lipinski definition) is 3. The van der Waals surface area contributed by atoms with Crippen LogP contribution >= 0.6 is 0 Å². The zero-order valence-corrected chi connectivity index (χ0v) is 14.9. The van der Waals surface area contributed by atoms with Gasteiger partial charge >= 0.3 is 0 Å². The van der Waals surface area contributed by atoms with Gasteiger partial charge in [0.2, 0.25) is 0 Å². The molecule has 1 aliphatic heterocycles. The van der Waals surface area contributed by atoms with Gasteiger partial charge in [-0.3, -0.25) is 0 Å². The van der Waals surface area contributed by atoms with Crippen LogP contribution in [0.1, 0.15) is 58.3 Å². The van der Waals surface area contributed by atoms with Gasteiger partial charge in [-0.25, -0.2) is 0 Å². The molecule has 1 heterocycles. The van der Waals surface area contributed by atoms with E-state index >= 15 is 0 Å². The highest BCUT2D eigenvalue weighted by Crippen LogP contribution is 2.62. The number of aliphatic hydroxyl groups excluding tert-OH is 1. The number of fused-ring (bicyclic) bond motifs is 4. The predicted octanol–water partition coefficient (Wildman–Crippen LogP) is 3.97. The van der Waals surface area contributed by atoms with Crippen molar-refractivity contribution in [1.29, 1.82) is 0 Å². The molecule has 0 aromatic carbocycles. The van der Waals surface area contributed by atoms with Crippen LogP contribution < -0.4 is 0 Å². The molecule has 3 nitrogen and oxygen atoms in total. The van der Waals surface area contributed by atoms with Crippen LogP contribution in [0.2, 0.25) is 0 Å². The summed E-state index contributed by atoms with van der Waals surface area (Å²) in [7, 11) is 0. The van der Waals surface area contributed by atoms with Crippen LogP contribution in [0, 0.1) is 23.2 Å². The van der Waals surface area contributed by atoms with Gasteiger partial charge in [-0.2, -0.15) is 0 Å². The Morgan fingerprint density at radius 1 is 1.12 bits per heavy atom. The fourth-order valence-corrected chi connectivity index (χ4v) is 6.86. The van der Waals surface area contributed by atoms with Gasteiger partial charge in [0.1, 0.15) is 0 Å². The number of rotatable bonds is 0. The van der Waals surface area contributed by atoms with Crippen LogP contribution in [0.15, 0.2) is 23.3 Å². The fourth-order valence-electron chi connectivity index (χ4n) is 6.86. The summed E-state index contributed by atoms with van der Waals surface area (Å²) in [6.45, 7) is 8.01. The van der Waals surface area contributed by atoms with Crippen molar-refractivity contribution in [3.63, 3.8) is 0 Å². The van der Waals surface area contributed by atoms with Gasteiger partial charge in [-0.05, 0) is 61.9 Å². The Morgan fingerprint density at radius 3 is 2.71 bits per heavy atom. The van der Waals surface area contributed by atoms with E-state index in [0.717, 1.165) is 62.7 Å². The predicted molar refractivity (Wildman–Crippen MR) is 92.3 cm³/mol. The van der Waals surface area contributed by atoms with Crippen molar-refractivity contribution >= 4 is 0 Å². The summed E-state index contributed by atoms with van der Waals surface area (Å²) in [6, 6.07) is 0. The average Bonchev–Trinajstić information content (AvgIpc) is 3.12. The first-order chi connectivity index (χ1) is 11.5. The van der Waals surface area contributed by atoms with Gasteiger partial charge in [0.05, 0.1) is 19.3 Å². The summed E-state index contributed by atoms with van der Waals surface area (Å²) in [5.74, 6) is 1.83. The topological polar surface area (TPSA) is 38.7 Å². The largest absolute Gasteiger partial charge is 0.388 e. The summed E-state index contributed by atoms with van der Waals surface area (Å²) < 4.78 is 12.0. The average molecular weight is 330 g/mol. The standard InChI is InChI=1S/C21H30O3/c1-13-11-18-17-4-3-14-12-21(23-9-10-24-21)8-6-15(14)16(17)5-7-20(18,2)19(13)22/h16-19,22H,1,3-12H2,2H3/t16-,17-,18+,19+,20+/m1/s1. The van der Waals surface area contributed by atoms with Crippen LogP contribution in [0.25, 0.3) is 0 Å². The maximum Gasteiger partial charge on any atom is 0.172 e. The lowest BCUT2D eigenvalue weighted by Gasteiger charge is -2.52. The molecule has 5 rings (SSSR count).